The van der Waals surface area contributed by atoms with E-state index in [-0.39, 0.29) is 0 Å². The van der Waals surface area contributed by atoms with Gasteiger partial charge in [-0.2, -0.15) is 0 Å². The molecule has 0 bridgehead atoms. The smallest absolute Gasteiger partial charge is 0.169 e. The van der Waals surface area contributed by atoms with Crippen LogP contribution in [0.1, 0.15) is 11.1 Å². The highest BCUT2D eigenvalue weighted by Crippen LogP contribution is 2.12. The largest absolute Gasteiger partial charge is 0.208 e. The molecule has 80 valence electrons. The minimum absolute atomic E-state index is 1.11. The Morgan fingerprint density at radius 1 is 0.875 bits per heavy atom. The lowest BCUT2D eigenvalue weighted by molar-refractivity contribution is -0.671. The van der Waals surface area contributed by atoms with Gasteiger partial charge in [0.25, 0.3) is 0 Å². The standard InChI is InChI=1S/C14H13BrN/c1-16-10-8-13(9-11-16)3-2-12-4-6-14(15)7-5-12/h2-11H,1H3/q+1. The van der Waals surface area contributed by atoms with E-state index in [2.05, 4.69) is 52.3 Å². The molecule has 0 saturated heterocycles. The topological polar surface area (TPSA) is 3.88 Å². The van der Waals surface area contributed by atoms with Gasteiger partial charge in [-0.15, -0.1) is 0 Å². The molecule has 0 saturated carbocycles. The van der Waals surface area contributed by atoms with Crippen molar-refractivity contribution in [3.8, 4) is 0 Å². The van der Waals surface area contributed by atoms with Crippen LogP contribution in [0, 0.1) is 0 Å². The fourth-order valence-corrected chi connectivity index (χ4v) is 1.65. The number of aromatic nitrogens is 1. The Bertz CT molecular complexity index is 436. The molecule has 0 unspecified atom stereocenters. The summed E-state index contributed by atoms with van der Waals surface area (Å²) in [5.74, 6) is 0. The number of aryl methyl sites for hydroxylation is 1. The highest BCUT2D eigenvalue weighted by molar-refractivity contribution is 9.10. The summed E-state index contributed by atoms with van der Waals surface area (Å²) in [6.45, 7) is 0. The highest BCUT2D eigenvalue weighted by atomic mass is 79.9. The van der Waals surface area contributed by atoms with Gasteiger partial charge in [0, 0.05) is 16.6 Å². The number of hydrogen-bond donors (Lipinski definition) is 0. The second-order valence-electron chi connectivity index (χ2n) is 3.68. The first-order chi connectivity index (χ1) is 7.74. The lowest BCUT2D eigenvalue weighted by Crippen LogP contribution is -2.25. The van der Waals surface area contributed by atoms with Gasteiger partial charge < -0.3 is 0 Å². The highest BCUT2D eigenvalue weighted by Gasteiger charge is 1.92. The zero-order valence-electron chi connectivity index (χ0n) is 9.10. The van der Waals surface area contributed by atoms with Crippen LogP contribution < -0.4 is 4.57 Å². The third kappa shape index (κ3) is 3.04. The van der Waals surface area contributed by atoms with Crippen LogP contribution in [0.2, 0.25) is 0 Å². The van der Waals surface area contributed by atoms with E-state index < -0.39 is 0 Å². The fraction of sp³-hybridized carbons (Fsp3) is 0.0714. The molecule has 0 spiro atoms. The molecule has 1 heterocycles. The Morgan fingerprint density at radius 3 is 1.94 bits per heavy atom. The summed E-state index contributed by atoms with van der Waals surface area (Å²) in [7, 11) is 2.02. The molecule has 1 nitrogen and oxygen atoms in total. The van der Waals surface area contributed by atoms with Crippen LogP contribution in [0.5, 0.6) is 0 Å². The molecule has 0 atom stereocenters. The van der Waals surface area contributed by atoms with Gasteiger partial charge in [0.1, 0.15) is 7.05 Å². The van der Waals surface area contributed by atoms with Gasteiger partial charge in [0.05, 0.1) is 0 Å². The zero-order chi connectivity index (χ0) is 11.4. The molecule has 0 radical (unpaired) electrons. The van der Waals surface area contributed by atoms with Crippen LogP contribution in [0.3, 0.4) is 0 Å². The van der Waals surface area contributed by atoms with Crippen molar-refractivity contribution in [1.82, 2.24) is 0 Å². The molecule has 1 aromatic carbocycles. The SMILES string of the molecule is C[n+]1ccc(C=Cc2ccc(Br)cc2)cc1. The molecule has 2 heteroatoms. The quantitative estimate of drug-likeness (QED) is 0.739. The molecule has 16 heavy (non-hydrogen) atoms. The number of nitrogens with zero attached hydrogens (tertiary/aromatic N) is 1. The van der Waals surface area contributed by atoms with Crippen molar-refractivity contribution >= 4 is 28.1 Å². The molecule has 0 aliphatic heterocycles. The molecular weight excluding hydrogens is 262 g/mol. The summed E-state index contributed by atoms with van der Waals surface area (Å²) in [5, 5.41) is 0. The number of rotatable bonds is 2. The van der Waals surface area contributed by atoms with Crippen LogP contribution in [-0.4, -0.2) is 0 Å². The predicted octanol–water partition coefficient (Wildman–Crippen LogP) is 3.44. The van der Waals surface area contributed by atoms with Gasteiger partial charge in [-0.3, -0.25) is 0 Å². The number of hydrogen-bond acceptors (Lipinski definition) is 0. The van der Waals surface area contributed by atoms with Gasteiger partial charge in [-0.05, 0) is 23.3 Å². The van der Waals surface area contributed by atoms with Crippen LogP contribution in [0.15, 0.2) is 53.3 Å². The Labute approximate surface area is 104 Å². The average Bonchev–Trinajstić information content (AvgIpc) is 2.30. The molecule has 0 N–H and O–H groups in total. The Hall–Kier alpha value is -1.41. The van der Waals surface area contributed by atoms with E-state index in [0.717, 1.165) is 4.47 Å². The van der Waals surface area contributed by atoms with E-state index in [1.54, 1.807) is 0 Å². The van der Waals surface area contributed by atoms with Crippen molar-refractivity contribution in [2.45, 2.75) is 0 Å². The van der Waals surface area contributed by atoms with Crippen LogP contribution in [0.25, 0.3) is 12.2 Å². The average molecular weight is 275 g/mol. The molecule has 2 aromatic rings. The van der Waals surface area contributed by atoms with Gasteiger partial charge in [0.2, 0.25) is 0 Å². The summed E-state index contributed by atoms with van der Waals surface area (Å²) in [6.07, 6.45) is 8.31. The van der Waals surface area contributed by atoms with Crippen molar-refractivity contribution in [3.05, 3.63) is 64.4 Å². The summed E-state index contributed by atoms with van der Waals surface area (Å²) < 4.78 is 3.13. The summed E-state index contributed by atoms with van der Waals surface area (Å²) >= 11 is 3.42. The normalized spacial score (nSPS) is 10.9. The molecule has 2 rings (SSSR count). The maximum absolute atomic E-state index is 3.42. The van der Waals surface area contributed by atoms with Crippen molar-refractivity contribution in [1.29, 1.82) is 0 Å². The van der Waals surface area contributed by atoms with Crippen LogP contribution in [0.4, 0.5) is 0 Å². The Kier molecular flexibility index (Phi) is 3.52. The fourth-order valence-electron chi connectivity index (χ4n) is 1.39. The van der Waals surface area contributed by atoms with Gasteiger partial charge in [-0.1, -0.05) is 40.2 Å². The van der Waals surface area contributed by atoms with Crippen molar-refractivity contribution < 1.29 is 4.57 Å². The van der Waals surface area contributed by atoms with Crippen molar-refractivity contribution in [3.63, 3.8) is 0 Å². The monoisotopic (exact) mass is 274 g/mol. The first-order valence-electron chi connectivity index (χ1n) is 5.13. The number of halogens is 1. The summed E-state index contributed by atoms with van der Waals surface area (Å²) in [5.41, 5.74) is 2.41. The second-order valence-corrected chi connectivity index (χ2v) is 4.60. The maximum Gasteiger partial charge on any atom is 0.169 e. The predicted molar refractivity (Wildman–Crippen MR) is 70.7 cm³/mol. The summed E-state index contributed by atoms with van der Waals surface area (Å²) in [6, 6.07) is 12.5. The van der Waals surface area contributed by atoms with E-state index in [4.69, 9.17) is 0 Å². The second kappa shape index (κ2) is 5.08. The van der Waals surface area contributed by atoms with Gasteiger partial charge in [0.15, 0.2) is 12.4 Å². The van der Waals surface area contributed by atoms with Gasteiger partial charge >= 0.3 is 0 Å². The van der Waals surface area contributed by atoms with E-state index in [1.165, 1.54) is 11.1 Å². The van der Waals surface area contributed by atoms with Crippen LogP contribution >= 0.6 is 15.9 Å². The van der Waals surface area contributed by atoms with E-state index >= 15 is 0 Å². The van der Waals surface area contributed by atoms with Gasteiger partial charge in [-0.25, -0.2) is 4.57 Å². The zero-order valence-corrected chi connectivity index (χ0v) is 10.7. The number of benzene rings is 1. The lowest BCUT2D eigenvalue weighted by atomic mass is 10.1. The molecule has 0 aliphatic carbocycles. The van der Waals surface area contributed by atoms with E-state index in [0.29, 0.717) is 0 Å². The lowest BCUT2D eigenvalue weighted by Gasteiger charge is -1.94. The molecule has 1 aromatic heterocycles. The number of pyridine rings is 1. The van der Waals surface area contributed by atoms with E-state index in [9.17, 15) is 0 Å². The summed E-state index contributed by atoms with van der Waals surface area (Å²) in [4.78, 5) is 0. The molecular formula is C14H13BrN+. The minimum atomic E-state index is 1.11. The van der Waals surface area contributed by atoms with E-state index in [1.807, 2.05) is 36.1 Å². The Balaban J connectivity index is 2.15. The maximum atomic E-state index is 3.42. The molecule has 0 aliphatic rings. The first-order valence-corrected chi connectivity index (χ1v) is 5.92. The van der Waals surface area contributed by atoms with Crippen LogP contribution in [-0.2, 0) is 7.05 Å². The van der Waals surface area contributed by atoms with Crippen molar-refractivity contribution in [2.24, 2.45) is 7.05 Å². The molecule has 0 fully saturated rings. The Morgan fingerprint density at radius 2 is 1.38 bits per heavy atom. The first kappa shape index (κ1) is 11.1. The van der Waals surface area contributed by atoms with Crippen molar-refractivity contribution in [2.75, 3.05) is 0 Å². The third-order valence-corrected chi connectivity index (χ3v) is 2.87. The third-order valence-electron chi connectivity index (χ3n) is 2.34. The minimum Gasteiger partial charge on any atom is -0.208 e. The molecule has 0 amide bonds.